The highest BCUT2D eigenvalue weighted by atomic mass is 32.1. The SMILES string of the molecule is O=C(CCCc1nc2ccccc2s1)N1CCCC(Cc2nncn2CC2CC2)C1. The molecule has 0 bridgehead atoms. The number of piperidine rings is 1. The van der Waals surface area contributed by atoms with Crippen molar-refractivity contribution in [2.75, 3.05) is 13.1 Å². The number of aromatic nitrogens is 4. The van der Waals surface area contributed by atoms with Gasteiger partial charge in [-0.2, -0.15) is 0 Å². The van der Waals surface area contributed by atoms with Gasteiger partial charge in [0.1, 0.15) is 12.2 Å². The van der Waals surface area contributed by atoms with Crippen LogP contribution >= 0.6 is 11.3 Å². The Morgan fingerprint density at radius 2 is 2.07 bits per heavy atom. The van der Waals surface area contributed by atoms with Crippen molar-refractivity contribution in [2.24, 2.45) is 11.8 Å². The Bertz CT molecular complexity index is 975. The smallest absolute Gasteiger partial charge is 0.222 e. The fourth-order valence-electron chi connectivity index (χ4n) is 4.46. The molecule has 1 aliphatic heterocycles. The molecule has 1 unspecified atom stereocenters. The zero-order valence-corrected chi connectivity index (χ0v) is 18.2. The van der Waals surface area contributed by atoms with Crippen LogP contribution < -0.4 is 0 Å². The summed E-state index contributed by atoms with van der Waals surface area (Å²) < 4.78 is 3.46. The number of fused-ring (bicyclic) bond motifs is 1. The van der Waals surface area contributed by atoms with Gasteiger partial charge in [0, 0.05) is 32.5 Å². The zero-order chi connectivity index (χ0) is 20.3. The van der Waals surface area contributed by atoms with Crippen LogP contribution in [0.4, 0.5) is 0 Å². The fraction of sp³-hybridized carbons (Fsp3) is 0.565. The zero-order valence-electron chi connectivity index (χ0n) is 17.4. The fourth-order valence-corrected chi connectivity index (χ4v) is 5.47. The molecule has 1 amide bonds. The molecule has 0 spiro atoms. The molecule has 3 heterocycles. The summed E-state index contributed by atoms with van der Waals surface area (Å²) in [4.78, 5) is 19.6. The van der Waals surface area contributed by atoms with Crippen LogP contribution in [0, 0.1) is 11.8 Å². The van der Waals surface area contributed by atoms with Gasteiger partial charge in [-0.15, -0.1) is 21.5 Å². The first-order chi connectivity index (χ1) is 14.7. The number of carbonyl (C=O) groups is 1. The summed E-state index contributed by atoms with van der Waals surface area (Å²) in [5.74, 6) is 2.70. The third-order valence-corrected chi connectivity index (χ3v) is 7.41. The lowest BCUT2D eigenvalue weighted by molar-refractivity contribution is -0.133. The van der Waals surface area contributed by atoms with Gasteiger partial charge in [-0.3, -0.25) is 4.79 Å². The Hall–Kier alpha value is -2.28. The number of nitrogens with zero attached hydrogens (tertiary/aromatic N) is 5. The molecule has 1 aliphatic carbocycles. The van der Waals surface area contributed by atoms with Crippen molar-refractivity contribution in [1.29, 1.82) is 0 Å². The van der Waals surface area contributed by atoms with E-state index in [9.17, 15) is 4.79 Å². The van der Waals surface area contributed by atoms with Gasteiger partial charge in [-0.25, -0.2) is 4.98 Å². The molecule has 3 aromatic rings. The Kier molecular flexibility index (Phi) is 5.79. The van der Waals surface area contributed by atoms with Crippen LogP contribution in [0.1, 0.15) is 49.4 Å². The summed E-state index contributed by atoms with van der Waals surface area (Å²) >= 11 is 1.75. The largest absolute Gasteiger partial charge is 0.342 e. The number of para-hydroxylation sites is 1. The van der Waals surface area contributed by atoms with E-state index in [0.29, 0.717) is 18.2 Å². The Balaban J connectivity index is 1.11. The average molecular weight is 424 g/mol. The molecule has 2 aromatic heterocycles. The van der Waals surface area contributed by atoms with Gasteiger partial charge < -0.3 is 9.47 Å². The van der Waals surface area contributed by atoms with Crippen LogP contribution in [0.15, 0.2) is 30.6 Å². The second-order valence-electron chi connectivity index (χ2n) is 8.82. The molecule has 158 valence electrons. The summed E-state index contributed by atoms with van der Waals surface area (Å²) in [5.41, 5.74) is 1.07. The standard InChI is InChI=1S/C23H29N5OS/c29-23(9-3-8-22-25-19-6-1-2-7-20(19)30-22)27-12-4-5-18(15-27)13-21-26-24-16-28(21)14-17-10-11-17/h1-2,6-7,16-18H,3-5,8-15H2. The Labute approximate surface area is 181 Å². The van der Waals surface area contributed by atoms with Crippen LogP contribution in [0.2, 0.25) is 0 Å². The third kappa shape index (κ3) is 4.72. The molecule has 6 nitrogen and oxygen atoms in total. The number of benzene rings is 1. The molecule has 1 saturated carbocycles. The Morgan fingerprint density at radius 1 is 1.17 bits per heavy atom. The molecule has 1 aromatic carbocycles. The molecular formula is C23H29N5OS. The van der Waals surface area contributed by atoms with Crippen LogP contribution in [0.3, 0.4) is 0 Å². The number of rotatable bonds is 8. The number of amides is 1. The molecule has 30 heavy (non-hydrogen) atoms. The Morgan fingerprint density at radius 3 is 2.93 bits per heavy atom. The van der Waals surface area contributed by atoms with Crippen LogP contribution in [-0.2, 0) is 24.2 Å². The van der Waals surface area contributed by atoms with E-state index in [-0.39, 0.29) is 0 Å². The molecule has 2 aliphatic rings. The average Bonchev–Trinajstić information content (AvgIpc) is 3.31. The van der Waals surface area contributed by atoms with Crippen molar-refractivity contribution in [3.63, 3.8) is 0 Å². The van der Waals surface area contributed by atoms with E-state index in [1.165, 1.54) is 24.0 Å². The predicted octanol–water partition coefficient (Wildman–Crippen LogP) is 4.10. The van der Waals surface area contributed by atoms with Crippen molar-refractivity contribution < 1.29 is 4.79 Å². The second kappa shape index (κ2) is 8.84. The summed E-state index contributed by atoms with van der Waals surface area (Å²) in [5, 5.41) is 9.64. The number of hydrogen-bond donors (Lipinski definition) is 0. The molecule has 1 saturated heterocycles. The lowest BCUT2D eigenvalue weighted by Crippen LogP contribution is -2.40. The van der Waals surface area contributed by atoms with Crippen LogP contribution in [-0.4, -0.2) is 43.6 Å². The summed E-state index contributed by atoms with van der Waals surface area (Å²) in [7, 11) is 0. The summed E-state index contributed by atoms with van der Waals surface area (Å²) in [6, 6.07) is 8.24. The van der Waals surface area contributed by atoms with E-state index in [4.69, 9.17) is 0 Å². The van der Waals surface area contributed by atoms with Crippen molar-refractivity contribution in [2.45, 2.75) is 57.9 Å². The van der Waals surface area contributed by atoms with E-state index in [1.807, 2.05) is 12.4 Å². The van der Waals surface area contributed by atoms with Crippen LogP contribution in [0.25, 0.3) is 10.2 Å². The van der Waals surface area contributed by atoms with Gasteiger partial charge in [0.05, 0.1) is 15.2 Å². The summed E-state index contributed by atoms with van der Waals surface area (Å²) in [6.45, 7) is 2.81. The molecule has 1 atom stereocenters. The van der Waals surface area contributed by atoms with Gasteiger partial charge in [0.2, 0.25) is 5.91 Å². The van der Waals surface area contributed by atoms with Crippen molar-refractivity contribution in [3.05, 3.63) is 41.4 Å². The van der Waals surface area contributed by atoms with E-state index >= 15 is 0 Å². The quantitative estimate of drug-likeness (QED) is 0.547. The topological polar surface area (TPSA) is 63.9 Å². The monoisotopic (exact) mass is 423 g/mol. The highest BCUT2D eigenvalue weighted by Crippen LogP contribution is 2.31. The minimum absolute atomic E-state index is 0.292. The first-order valence-corrected chi connectivity index (χ1v) is 12.0. The minimum atomic E-state index is 0.292. The lowest BCUT2D eigenvalue weighted by atomic mass is 9.94. The van der Waals surface area contributed by atoms with E-state index in [2.05, 4.69) is 42.8 Å². The molecular weight excluding hydrogens is 394 g/mol. The number of likely N-dealkylation sites (tertiary alicyclic amines) is 1. The second-order valence-corrected chi connectivity index (χ2v) is 9.94. The van der Waals surface area contributed by atoms with Gasteiger partial charge in [0.25, 0.3) is 0 Å². The van der Waals surface area contributed by atoms with Crippen molar-refractivity contribution in [3.8, 4) is 0 Å². The number of aryl methyl sites for hydroxylation is 1. The number of thiazole rings is 1. The lowest BCUT2D eigenvalue weighted by Gasteiger charge is -2.32. The molecule has 5 rings (SSSR count). The van der Waals surface area contributed by atoms with E-state index in [0.717, 1.165) is 67.6 Å². The van der Waals surface area contributed by atoms with E-state index in [1.54, 1.807) is 11.3 Å². The van der Waals surface area contributed by atoms with Gasteiger partial charge >= 0.3 is 0 Å². The normalized spacial score (nSPS) is 19.5. The van der Waals surface area contributed by atoms with E-state index < -0.39 is 0 Å². The number of carbonyl (C=O) groups excluding carboxylic acids is 1. The maximum atomic E-state index is 12.8. The van der Waals surface area contributed by atoms with Gasteiger partial charge in [-0.05, 0) is 62.5 Å². The third-order valence-electron chi connectivity index (χ3n) is 6.31. The van der Waals surface area contributed by atoms with Crippen molar-refractivity contribution in [1.82, 2.24) is 24.6 Å². The minimum Gasteiger partial charge on any atom is -0.342 e. The maximum Gasteiger partial charge on any atom is 0.222 e. The van der Waals surface area contributed by atoms with Crippen molar-refractivity contribution >= 4 is 27.5 Å². The number of hydrogen-bond acceptors (Lipinski definition) is 5. The first kappa shape index (κ1) is 19.7. The molecule has 2 fully saturated rings. The first-order valence-electron chi connectivity index (χ1n) is 11.2. The highest BCUT2D eigenvalue weighted by molar-refractivity contribution is 7.18. The summed E-state index contributed by atoms with van der Waals surface area (Å²) in [6.07, 6.45) is 10.1. The van der Waals surface area contributed by atoms with Gasteiger partial charge in [-0.1, -0.05) is 12.1 Å². The predicted molar refractivity (Wildman–Crippen MR) is 118 cm³/mol. The maximum absolute atomic E-state index is 12.8. The molecule has 7 heteroatoms. The molecule has 0 radical (unpaired) electrons. The highest BCUT2D eigenvalue weighted by Gasteiger charge is 2.27. The molecule has 0 N–H and O–H groups in total. The van der Waals surface area contributed by atoms with Crippen LogP contribution in [0.5, 0.6) is 0 Å². The van der Waals surface area contributed by atoms with Gasteiger partial charge in [0.15, 0.2) is 0 Å².